The summed E-state index contributed by atoms with van der Waals surface area (Å²) < 4.78 is 5.34. The molecule has 2 nitrogen and oxygen atoms in total. The Morgan fingerprint density at radius 3 is 2.54 bits per heavy atom. The summed E-state index contributed by atoms with van der Waals surface area (Å²) in [5.74, 6) is 1.32. The summed E-state index contributed by atoms with van der Waals surface area (Å²) in [5, 5.41) is 0. The van der Waals surface area contributed by atoms with Crippen LogP contribution in [0.25, 0.3) is 0 Å². The first-order chi connectivity index (χ1) is 6.15. The van der Waals surface area contributed by atoms with Crippen LogP contribution in [0.15, 0.2) is 18.2 Å². The van der Waals surface area contributed by atoms with Crippen molar-refractivity contribution in [2.45, 2.75) is 26.7 Å². The molecule has 0 spiro atoms. The van der Waals surface area contributed by atoms with Gasteiger partial charge in [-0.1, -0.05) is 19.9 Å². The largest absolute Gasteiger partial charge is 0.494 e. The zero-order chi connectivity index (χ0) is 9.84. The average Bonchev–Trinajstić information content (AvgIpc) is 2.04. The maximum Gasteiger partial charge on any atom is 0.121 e. The molecule has 0 fully saturated rings. The lowest BCUT2D eigenvalue weighted by Crippen LogP contribution is -1.98. The normalized spacial score (nSPS) is 10.5. The third kappa shape index (κ3) is 2.38. The van der Waals surface area contributed by atoms with E-state index in [4.69, 9.17) is 10.5 Å². The molecule has 0 unspecified atom stereocenters. The second-order valence-corrected chi connectivity index (χ2v) is 3.38. The molecule has 0 saturated carbocycles. The van der Waals surface area contributed by atoms with Crippen molar-refractivity contribution in [2.75, 3.05) is 12.3 Å². The Kier molecular flexibility index (Phi) is 3.18. The van der Waals surface area contributed by atoms with Crippen LogP contribution in [0.5, 0.6) is 5.75 Å². The Morgan fingerprint density at radius 2 is 2.08 bits per heavy atom. The van der Waals surface area contributed by atoms with Gasteiger partial charge in [0.15, 0.2) is 0 Å². The topological polar surface area (TPSA) is 35.2 Å². The van der Waals surface area contributed by atoms with Gasteiger partial charge < -0.3 is 10.5 Å². The molecule has 13 heavy (non-hydrogen) atoms. The number of anilines is 1. The van der Waals surface area contributed by atoms with Crippen molar-refractivity contribution in [1.82, 2.24) is 0 Å². The highest BCUT2D eigenvalue weighted by atomic mass is 16.5. The molecule has 1 aromatic rings. The highest BCUT2D eigenvalue weighted by molar-refractivity contribution is 5.52. The van der Waals surface area contributed by atoms with Gasteiger partial charge in [-0.2, -0.15) is 0 Å². The predicted molar refractivity (Wildman–Crippen MR) is 56.1 cm³/mol. The molecule has 0 bridgehead atoms. The first-order valence-corrected chi connectivity index (χ1v) is 4.67. The van der Waals surface area contributed by atoms with Gasteiger partial charge in [-0.25, -0.2) is 0 Å². The molecule has 0 atom stereocenters. The lowest BCUT2D eigenvalue weighted by Gasteiger charge is -2.11. The van der Waals surface area contributed by atoms with Crippen molar-refractivity contribution >= 4 is 5.69 Å². The summed E-state index contributed by atoms with van der Waals surface area (Å²) in [6.45, 7) is 6.91. The summed E-state index contributed by atoms with van der Waals surface area (Å²) >= 11 is 0. The van der Waals surface area contributed by atoms with Gasteiger partial charge in [0, 0.05) is 11.8 Å². The molecule has 0 aliphatic heterocycles. The Labute approximate surface area is 79.7 Å². The Hall–Kier alpha value is -1.18. The van der Waals surface area contributed by atoms with Crippen LogP contribution >= 0.6 is 0 Å². The van der Waals surface area contributed by atoms with Crippen LogP contribution in [-0.2, 0) is 0 Å². The van der Waals surface area contributed by atoms with E-state index in [-0.39, 0.29) is 0 Å². The quantitative estimate of drug-likeness (QED) is 0.724. The second kappa shape index (κ2) is 4.17. The fraction of sp³-hybridized carbons (Fsp3) is 0.455. The molecule has 0 aliphatic rings. The van der Waals surface area contributed by atoms with E-state index in [0.717, 1.165) is 11.4 Å². The molecule has 2 N–H and O–H groups in total. The summed E-state index contributed by atoms with van der Waals surface area (Å²) in [6, 6.07) is 5.89. The SMILES string of the molecule is CCOc1ccc(C(C)C)c(N)c1. The number of benzene rings is 1. The smallest absolute Gasteiger partial charge is 0.121 e. The summed E-state index contributed by atoms with van der Waals surface area (Å²) in [4.78, 5) is 0. The van der Waals surface area contributed by atoms with Gasteiger partial charge in [-0.3, -0.25) is 0 Å². The molecule has 0 amide bonds. The van der Waals surface area contributed by atoms with Crippen LogP contribution in [0, 0.1) is 0 Å². The Bertz CT molecular complexity index is 281. The molecule has 1 rings (SSSR count). The minimum Gasteiger partial charge on any atom is -0.494 e. The molecule has 0 saturated heterocycles. The number of ether oxygens (including phenoxy) is 1. The Morgan fingerprint density at radius 1 is 1.38 bits per heavy atom. The average molecular weight is 179 g/mol. The lowest BCUT2D eigenvalue weighted by molar-refractivity contribution is 0.340. The molecule has 72 valence electrons. The molecule has 0 aromatic heterocycles. The van der Waals surface area contributed by atoms with Gasteiger partial charge in [0.05, 0.1) is 6.61 Å². The van der Waals surface area contributed by atoms with Gasteiger partial charge in [0.25, 0.3) is 0 Å². The van der Waals surface area contributed by atoms with E-state index < -0.39 is 0 Å². The third-order valence-electron chi connectivity index (χ3n) is 1.99. The van der Waals surface area contributed by atoms with E-state index >= 15 is 0 Å². The van der Waals surface area contributed by atoms with Crippen molar-refractivity contribution in [1.29, 1.82) is 0 Å². The van der Waals surface area contributed by atoms with E-state index in [1.807, 2.05) is 25.1 Å². The van der Waals surface area contributed by atoms with Crippen LogP contribution < -0.4 is 10.5 Å². The summed E-state index contributed by atoms with van der Waals surface area (Å²) in [5.41, 5.74) is 7.88. The minimum atomic E-state index is 0.468. The van der Waals surface area contributed by atoms with Gasteiger partial charge >= 0.3 is 0 Å². The van der Waals surface area contributed by atoms with Gasteiger partial charge in [0.1, 0.15) is 5.75 Å². The zero-order valence-electron chi connectivity index (χ0n) is 8.50. The van der Waals surface area contributed by atoms with Crippen molar-refractivity contribution in [3.8, 4) is 5.75 Å². The maximum atomic E-state index is 5.87. The monoisotopic (exact) mass is 179 g/mol. The van der Waals surface area contributed by atoms with Crippen molar-refractivity contribution in [2.24, 2.45) is 0 Å². The summed E-state index contributed by atoms with van der Waals surface area (Å²) in [7, 11) is 0. The van der Waals surface area contributed by atoms with Gasteiger partial charge in [0.2, 0.25) is 0 Å². The van der Waals surface area contributed by atoms with Crippen LogP contribution in [-0.4, -0.2) is 6.61 Å². The predicted octanol–water partition coefficient (Wildman–Crippen LogP) is 2.79. The maximum absolute atomic E-state index is 5.87. The highest BCUT2D eigenvalue weighted by Gasteiger charge is 2.04. The molecule has 0 heterocycles. The van der Waals surface area contributed by atoms with E-state index in [1.165, 1.54) is 5.56 Å². The molecule has 0 radical (unpaired) electrons. The molecule has 2 heteroatoms. The van der Waals surface area contributed by atoms with Crippen molar-refractivity contribution in [3.05, 3.63) is 23.8 Å². The van der Waals surface area contributed by atoms with Gasteiger partial charge in [-0.05, 0) is 24.5 Å². The van der Waals surface area contributed by atoms with Crippen LogP contribution in [0.1, 0.15) is 32.3 Å². The fourth-order valence-corrected chi connectivity index (χ4v) is 1.34. The number of hydrogen-bond acceptors (Lipinski definition) is 2. The molecular formula is C11H17NO. The number of rotatable bonds is 3. The number of nitrogens with two attached hydrogens (primary N) is 1. The van der Waals surface area contributed by atoms with E-state index in [1.54, 1.807) is 0 Å². The first-order valence-electron chi connectivity index (χ1n) is 4.67. The number of hydrogen-bond donors (Lipinski definition) is 1. The molecular weight excluding hydrogens is 162 g/mol. The van der Waals surface area contributed by atoms with E-state index in [0.29, 0.717) is 12.5 Å². The Balaban J connectivity index is 2.92. The second-order valence-electron chi connectivity index (χ2n) is 3.38. The van der Waals surface area contributed by atoms with E-state index in [2.05, 4.69) is 13.8 Å². The molecule has 0 aliphatic carbocycles. The summed E-state index contributed by atoms with van der Waals surface area (Å²) in [6.07, 6.45) is 0. The van der Waals surface area contributed by atoms with Gasteiger partial charge in [-0.15, -0.1) is 0 Å². The molecule has 1 aromatic carbocycles. The first kappa shape index (κ1) is 9.90. The lowest BCUT2D eigenvalue weighted by atomic mass is 10.0. The van der Waals surface area contributed by atoms with E-state index in [9.17, 15) is 0 Å². The highest BCUT2D eigenvalue weighted by Crippen LogP contribution is 2.25. The number of nitrogen functional groups attached to an aromatic ring is 1. The van der Waals surface area contributed by atoms with Crippen molar-refractivity contribution in [3.63, 3.8) is 0 Å². The van der Waals surface area contributed by atoms with Crippen LogP contribution in [0.3, 0.4) is 0 Å². The standard InChI is InChI=1S/C11H17NO/c1-4-13-9-5-6-10(8(2)3)11(12)7-9/h5-8H,4,12H2,1-3H3. The van der Waals surface area contributed by atoms with Crippen LogP contribution in [0.4, 0.5) is 5.69 Å². The minimum absolute atomic E-state index is 0.468. The zero-order valence-corrected chi connectivity index (χ0v) is 8.50. The van der Waals surface area contributed by atoms with Crippen molar-refractivity contribution < 1.29 is 4.74 Å². The van der Waals surface area contributed by atoms with Crippen LogP contribution in [0.2, 0.25) is 0 Å². The fourth-order valence-electron chi connectivity index (χ4n) is 1.34. The third-order valence-corrected chi connectivity index (χ3v) is 1.99.